The molecule has 0 saturated carbocycles. The van der Waals surface area contributed by atoms with Gasteiger partial charge in [0.05, 0.1) is 11.3 Å². The highest BCUT2D eigenvalue weighted by Gasteiger charge is 2.19. The van der Waals surface area contributed by atoms with Gasteiger partial charge < -0.3 is 10.1 Å². The van der Waals surface area contributed by atoms with E-state index >= 15 is 0 Å². The number of carbonyl (C=O) groups is 2. The molecule has 1 N–H and O–H groups in total. The monoisotopic (exact) mass is 393 g/mol. The molecule has 0 aliphatic rings. The molecule has 0 fully saturated rings. The number of nitrogens with one attached hydrogen (secondary N) is 1. The van der Waals surface area contributed by atoms with Crippen LogP contribution in [-0.2, 0) is 0 Å². The summed E-state index contributed by atoms with van der Waals surface area (Å²) in [4.78, 5) is 26.0. The lowest BCUT2D eigenvalue weighted by Crippen LogP contribution is -2.17. The van der Waals surface area contributed by atoms with E-state index in [0.717, 1.165) is 0 Å². The Hall–Kier alpha value is -4.18. The quantitative estimate of drug-likeness (QED) is 0.411. The number of para-hydroxylation sites is 3. The molecule has 0 radical (unpaired) electrons. The Morgan fingerprint density at radius 1 is 0.600 bits per heavy atom. The first-order valence-corrected chi connectivity index (χ1v) is 9.54. The number of rotatable bonds is 6. The summed E-state index contributed by atoms with van der Waals surface area (Å²) in [7, 11) is 0. The van der Waals surface area contributed by atoms with Gasteiger partial charge in [0, 0.05) is 11.1 Å². The summed E-state index contributed by atoms with van der Waals surface area (Å²) in [6.45, 7) is 0. The minimum absolute atomic E-state index is 0.199. The average Bonchev–Trinajstić information content (AvgIpc) is 2.81. The maximum Gasteiger partial charge on any atom is 0.256 e. The number of ketones is 1. The molecule has 4 aromatic carbocycles. The van der Waals surface area contributed by atoms with Crippen LogP contribution in [-0.4, -0.2) is 11.7 Å². The minimum Gasteiger partial charge on any atom is -0.455 e. The van der Waals surface area contributed by atoms with E-state index in [-0.39, 0.29) is 11.7 Å². The van der Waals surface area contributed by atoms with Crippen LogP contribution in [0, 0.1) is 0 Å². The molecule has 1 amide bonds. The minimum atomic E-state index is -0.376. The molecule has 0 bridgehead atoms. The molecule has 0 aliphatic heterocycles. The van der Waals surface area contributed by atoms with Gasteiger partial charge in [0.1, 0.15) is 5.75 Å². The predicted molar refractivity (Wildman–Crippen MR) is 117 cm³/mol. The Bertz CT molecular complexity index is 1170. The molecule has 4 aromatic rings. The zero-order chi connectivity index (χ0) is 20.8. The highest BCUT2D eigenvalue weighted by molar-refractivity contribution is 6.17. The van der Waals surface area contributed by atoms with Crippen LogP contribution in [0.25, 0.3) is 0 Å². The molecule has 0 saturated heterocycles. The first kappa shape index (κ1) is 19.2. The highest BCUT2D eigenvalue weighted by Crippen LogP contribution is 2.29. The third-order valence-electron chi connectivity index (χ3n) is 4.56. The standard InChI is InChI=1S/C26H19NO3/c28-25(19-11-3-1-4-12-19)21-15-7-8-16-22(21)26(29)27-23-17-9-10-18-24(23)30-20-13-5-2-6-14-20/h1-18H,(H,27,29). The third kappa shape index (κ3) is 4.28. The molecule has 0 aliphatic carbocycles. The molecule has 0 unspecified atom stereocenters. The van der Waals surface area contributed by atoms with Crippen LogP contribution >= 0.6 is 0 Å². The second-order valence-electron chi connectivity index (χ2n) is 6.61. The SMILES string of the molecule is O=C(Nc1ccccc1Oc1ccccc1)c1ccccc1C(=O)c1ccccc1. The van der Waals surface area contributed by atoms with Gasteiger partial charge in [0.2, 0.25) is 0 Å². The number of benzene rings is 4. The second kappa shape index (κ2) is 8.88. The van der Waals surface area contributed by atoms with E-state index in [1.165, 1.54) is 0 Å². The molecule has 0 aromatic heterocycles. The van der Waals surface area contributed by atoms with E-state index in [4.69, 9.17) is 4.74 Å². The van der Waals surface area contributed by atoms with Gasteiger partial charge in [-0.05, 0) is 30.3 Å². The van der Waals surface area contributed by atoms with Crippen LogP contribution in [0.3, 0.4) is 0 Å². The fourth-order valence-electron chi connectivity index (χ4n) is 3.09. The molecule has 4 heteroatoms. The number of carbonyl (C=O) groups excluding carboxylic acids is 2. The van der Waals surface area contributed by atoms with Gasteiger partial charge >= 0.3 is 0 Å². The van der Waals surface area contributed by atoms with Crippen molar-refractivity contribution in [2.45, 2.75) is 0 Å². The Kier molecular flexibility index (Phi) is 5.67. The molecule has 0 heterocycles. The summed E-state index contributed by atoms with van der Waals surface area (Å²) in [5, 5.41) is 2.88. The van der Waals surface area contributed by atoms with Gasteiger partial charge in [0.15, 0.2) is 11.5 Å². The summed E-state index contributed by atoms with van der Waals surface area (Å²) in [6.07, 6.45) is 0. The van der Waals surface area contributed by atoms with Crippen molar-refractivity contribution in [3.8, 4) is 11.5 Å². The Morgan fingerprint density at radius 2 is 1.17 bits per heavy atom. The first-order valence-electron chi connectivity index (χ1n) is 9.54. The zero-order valence-corrected chi connectivity index (χ0v) is 16.1. The molecule has 146 valence electrons. The van der Waals surface area contributed by atoms with Gasteiger partial charge in [0.25, 0.3) is 5.91 Å². The molecular formula is C26H19NO3. The Labute approximate surface area is 174 Å². The average molecular weight is 393 g/mol. The van der Waals surface area contributed by atoms with Gasteiger partial charge in [-0.2, -0.15) is 0 Å². The van der Waals surface area contributed by atoms with E-state index in [1.807, 2.05) is 48.5 Å². The second-order valence-corrected chi connectivity index (χ2v) is 6.61. The van der Waals surface area contributed by atoms with E-state index in [9.17, 15) is 9.59 Å². The lowest BCUT2D eigenvalue weighted by atomic mass is 9.98. The molecule has 0 atom stereocenters. The van der Waals surface area contributed by atoms with E-state index in [2.05, 4.69) is 5.32 Å². The lowest BCUT2D eigenvalue weighted by molar-refractivity contribution is 0.0996. The summed E-state index contributed by atoms with van der Waals surface area (Å²) >= 11 is 0. The number of ether oxygens (including phenoxy) is 1. The van der Waals surface area contributed by atoms with Crippen molar-refractivity contribution in [1.82, 2.24) is 0 Å². The normalized spacial score (nSPS) is 10.3. The molecule has 4 nitrogen and oxygen atoms in total. The maximum atomic E-state index is 13.1. The number of hydrogen-bond donors (Lipinski definition) is 1. The molecule has 0 spiro atoms. The van der Waals surface area contributed by atoms with Crippen molar-refractivity contribution < 1.29 is 14.3 Å². The van der Waals surface area contributed by atoms with Crippen molar-refractivity contribution in [3.63, 3.8) is 0 Å². The van der Waals surface area contributed by atoms with Gasteiger partial charge in [-0.1, -0.05) is 78.9 Å². The van der Waals surface area contributed by atoms with Crippen LogP contribution in [0.4, 0.5) is 5.69 Å². The maximum absolute atomic E-state index is 13.1. The lowest BCUT2D eigenvalue weighted by Gasteiger charge is -2.13. The van der Waals surface area contributed by atoms with E-state index in [1.54, 1.807) is 60.7 Å². The fourth-order valence-corrected chi connectivity index (χ4v) is 3.09. The van der Waals surface area contributed by atoms with Crippen molar-refractivity contribution in [1.29, 1.82) is 0 Å². The van der Waals surface area contributed by atoms with Crippen LogP contribution in [0.1, 0.15) is 26.3 Å². The Morgan fingerprint density at radius 3 is 1.90 bits per heavy atom. The van der Waals surface area contributed by atoms with E-state index < -0.39 is 0 Å². The van der Waals surface area contributed by atoms with Crippen molar-refractivity contribution >= 4 is 17.4 Å². The summed E-state index contributed by atoms with van der Waals surface area (Å²) < 4.78 is 5.91. The van der Waals surface area contributed by atoms with Gasteiger partial charge in [-0.3, -0.25) is 9.59 Å². The summed E-state index contributed by atoms with van der Waals surface area (Å²) in [5.74, 6) is 0.608. The highest BCUT2D eigenvalue weighted by atomic mass is 16.5. The summed E-state index contributed by atoms with van der Waals surface area (Å²) in [5.41, 5.74) is 1.71. The molecular weight excluding hydrogens is 374 g/mol. The smallest absolute Gasteiger partial charge is 0.256 e. The first-order chi connectivity index (χ1) is 14.7. The fraction of sp³-hybridized carbons (Fsp3) is 0. The third-order valence-corrected chi connectivity index (χ3v) is 4.56. The van der Waals surface area contributed by atoms with Crippen LogP contribution in [0.15, 0.2) is 109 Å². The van der Waals surface area contributed by atoms with Crippen LogP contribution in [0.2, 0.25) is 0 Å². The topological polar surface area (TPSA) is 55.4 Å². The number of hydrogen-bond acceptors (Lipinski definition) is 3. The van der Waals surface area contributed by atoms with Gasteiger partial charge in [-0.15, -0.1) is 0 Å². The molecule has 30 heavy (non-hydrogen) atoms. The van der Waals surface area contributed by atoms with Crippen LogP contribution in [0.5, 0.6) is 11.5 Å². The molecule has 4 rings (SSSR count). The largest absolute Gasteiger partial charge is 0.455 e. The van der Waals surface area contributed by atoms with Crippen molar-refractivity contribution in [3.05, 3.63) is 126 Å². The van der Waals surface area contributed by atoms with Crippen LogP contribution < -0.4 is 10.1 Å². The van der Waals surface area contributed by atoms with Gasteiger partial charge in [-0.25, -0.2) is 0 Å². The summed E-state index contributed by atoms with van der Waals surface area (Å²) in [6, 6.07) is 32.2. The number of anilines is 1. The van der Waals surface area contributed by atoms with Crippen molar-refractivity contribution in [2.75, 3.05) is 5.32 Å². The Balaban J connectivity index is 1.61. The predicted octanol–water partition coefficient (Wildman–Crippen LogP) is 5.96. The zero-order valence-electron chi connectivity index (χ0n) is 16.1. The number of amides is 1. The van der Waals surface area contributed by atoms with E-state index in [0.29, 0.717) is 33.9 Å². The van der Waals surface area contributed by atoms with Crippen molar-refractivity contribution in [2.24, 2.45) is 0 Å².